The first-order chi connectivity index (χ1) is 24.1. The SMILES string of the molecule is CC/N=C(\C=C\C1=C(N(c2ccccc2)c2ccccc2)C(=C/C=C2/N(CC)c3ccc(C)cc3C2(C)C)/CC1)C(C)(C)c1cccc(C)c1. The Morgan fingerprint density at radius 3 is 2.08 bits per heavy atom. The highest BCUT2D eigenvalue weighted by atomic mass is 15.2. The predicted molar refractivity (Wildman–Crippen MR) is 216 cm³/mol. The summed E-state index contributed by atoms with van der Waals surface area (Å²) in [6.07, 6.45) is 11.4. The van der Waals surface area contributed by atoms with Crippen molar-refractivity contribution >= 4 is 22.8 Å². The van der Waals surface area contributed by atoms with Gasteiger partial charge in [0.1, 0.15) is 0 Å². The molecule has 256 valence electrons. The molecule has 0 spiro atoms. The van der Waals surface area contributed by atoms with Crippen LogP contribution in [0.15, 0.2) is 155 Å². The Bertz CT molecular complexity index is 1950. The lowest BCUT2D eigenvalue weighted by Gasteiger charge is -2.29. The highest BCUT2D eigenvalue weighted by Crippen LogP contribution is 2.48. The second kappa shape index (κ2) is 14.5. The van der Waals surface area contributed by atoms with Crippen molar-refractivity contribution in [2.75, 3.05) is 22.9 Å². The molecule has 0 aromatic heterocycles. The maximum atomic E-state index is 5.08. The van der Waals surface area contributed by atoms with E-state index in [1.807, 2.05) is 0 Å². The van der Waals surface area contributed by atoms with Gasteiger partial charge in [-0.05, 0) is 105 Å². The van der Waals surface area contributed by atoms with Crippen LogP contribution in [-0.4, -0.2) is 18.8 Å². The first-order valence-corrected chi connectivity index (χ1v) is 18.3. The molecule has 1 aliphatic carbocycles. The molecule has 6 rings (SSSR count). The molecule has 50 heavy (non-hydrogen) atoms. The summed E-state index contributed by atoms with van der Waals surface area (Å²) in [6, 6.07) is 37.4. The highest BCUT2D eigenvalue weighted by molar-refractivity contribution is 6.03. The standard InChI is InChI=1S/C47H53N3/c1-9-48-43(46(5,6)38-19-17-18-34(3)32-38)30-27-36-25-26-37(45(36)50(39-20-13-11-14-21-39)40-22-15-12-16-23-40)28-31-44-47(7,8)41-33-35(4)24-29-42(41)49(44)10-2/h11-24,27-33H,9-10,25-26H2,1-8H3/b30-27+,37-28+,44-31+,48-43+. The summed E-state index contributed by atoms with van der Waals surface area (Å²) in [5.74, 6) is 0. The molecule has 2 aliphatic rings. The summed E-state index contributed by atoms with van der Waals surface area (Å²) in [5.41, 5.74) is 15.0. The maximum Gasteiger partial charge on any atom is 0.0525 e. The average Bonchev–Trinajstić information content (AvgIpc) is 3.60. The lowest BCUT2D eigenvalue weighted by molar-refractivity contribution is 0.633. The Balaban J connectivity index is 1.51. The number of aliphatic imine (C=N–C) groups is 1. The number of likely N-dealkylation sites (N-methyl/N-ethyl adjacent to an activating group) is 1. The van der Waals surface area contributed by atoms with Gasteiger partial charge in [-0.15, -0.1) is 0 Å². The molecule has 4 aromatic carbocycles. The molecular weight excluding hydrogens is 607 g/mol. The van der Waals surface area contributed by atoms with E-state index in [0.717, 1.165) is 43.0 Å². The van der Waals surface area contributed by atoms with Gasteiger partial charge in [0.25, 0.3) is 0 Å². The van der Waals surface area contributed by atoms with Crippen molar-refractivity contribution in [2.24, 2.45) is 4.99 Å². The summed E-state index contributed by atoms with van der Waals surface area (Å²) in [4.78, 5) is 10.0. The predicted octanol–water partition coefficient (Wildman–Crippen LogP) is 12.1. The smallest absolute Gasteiger partial charge is 0.0525 e. The van der Waals surface area contributed by atoms with Gasteiger partial charge in [0.15, 0.2) is 0 Å². The van der Waals surface area contributed by atoms with E-state index in [4.69, 9.17) is 4.99 Å². The number of hydrogen-bond acceptors (Lipinski definition) is 3. The number of fused-ring (bicyclic) bond motifs is 1. The number of aryl methyl sites for hydroxylation is 2. The van der Waals surface area contributed by atoms with E-state index < -0.39 is 0 Å². The molecule has 0 atom stereocenters. The minimum atomic E-state index is -0.232. The topological polar surface area (TPSA) is 18.8 Å². The summed E-state index contributed by atoms with van der Waals surface area (Å²) < 4.78 is 0. The number of hydrogen-bond donors (Lipinski definition) is 0. The Labute approximate surface area is 301 Å². The second-order valence-electron chi connectivity index (χ2n) is 14.7. The molecule has 0 fully saturated rings. The summed E-state index contributed by atoms with van der Waals surface area (Å²) >= 11 is 0. The molecule has 1 heterocycles. The second-order valence-corrected chi connectivity index (χ2v) is 14.7. The zero-order valence-corrected chi connectivity index (χ0v) is 31.3. The quantitative estimate of drug-likeness (QED) is 0.158. The van der Waals surface area contributed by atoms with E-state index >= 15 is 0 Å². The van der Waals surface area contributed by atoms with Crippen LogP contribution in [0.25, 0.3) is 0 Å². The van der Waals surface area contributed by atoms with E-state index in [-0.39, 0.29) is 10.8 Å². The van der Waals surface area contributed by atoms with Gasteiger partial charge < -0.3 is 9.80 Å². The maximum absolute atomic E-state index is 5.08. The van der Waals surface area contributed by atoms with Gasteiger partial charge in [0.2, 0.25) is 0 Å². The van der Waals surface area contributed by atoms with E-state index in [1.165, 1.54) is 50.5 Å². The number of benzene rings is 4. The molecule has 1 aliphatic heterocycles. The van der Waals surface area contributed by atoms with Crippen molar-refractivity contribution in [3.05, 3.63) is 172 Å². The minimum absolute atomic E-state index is 0.0922. The van der Waals surface area contributed by atoms with Crippen molar-refractivity contribution in [3.63, 3.8) is 0 Å². The summed E-state index contributed by atoms with van der Waals surface area (Å²) in [5, 5.41) is 0. The molecule has 0 saturated heterocycles. The summed E-state index contributed by atoms with van der Waals surface area (Å²) in [6.45, 7) is 19.8. The normalized spacial score (nSPS) is 17.8. The van der Waals surface area contributed by atoms with Crippen LogP contribution < -0.4 is 9.80 Å². The van der Waals surface area contributed by atoms with Crippen molar-refractivity contribution in [1.82, 2.24) is 0 Å². The molecule has 4 aromatic rings. The number of rotatable bonds is 10. The van der Waals surface area contributed by atoms with Gasteiger partial charge in [-0.2, -0.15) is 0 Å². The summed E-state index contributed by atoms with van der Waals surface area (Å²) in [7, 11) is 0. The third-order valence-electron chi connectivity index (χ3n) is 10.5. The van der Waals surface area contributed by atoms with Crippen LogP contribution in [0.4, 0.5) is 17.1 Å². The molecule has 0 saturated carbocycles. The molecule has 0 unspecified atom stereocenters. The third kappa shape index (κ3) is 6.79. The van der Waals surface area contributed by atoms with Gasteiger partial charge in [0, 0.05) is 52.4 Å². The average molecular weight is 660 g/mol. The first kappa shape index (κ1) is 35.0. The number of anilines is 3. The molecule has 0 bridgehead atoms. The monoisotopic (exact) mass is 659 g/mol. The largest absolute Gasteiger partial charge is 0.344 e. The van der Waals surface area contributed by atoms with E-state index in [9.17, 15) is 0 Å². The molecule has 3 nitrogen and oxygen atoms in total. The third-order valence-corrected chi connectivity index (χ3v) is 10.5. The lowest BCUT2D eigenvalue weighted by Crippen LogP contribution is -2.28. The van der Waals surface area contributed by atoms with Gasteiger partial charge in [-0.3, -0.25) is 4.99 Å². The highest BCUT2D eigenvalue weighted by Gasteiger charge is 2.39. The zero-order chi connectivity index (χ0) is 35.5. The van der Waals surface area contributed by atoms with Crippen LogP contribution in [0.5, 0.6) is 0 Å². The van der Waals surface area contributed by atoms with E-state index in [1.54, 1.807) is 0 Å². The van der Waals surface area contributed by atoms with Crippen LogP contribution in [-0.2, 0) is 10.8 Å². The fourth-order valence-electron chi connectivity index (χ4n) is 7.69. The van der Waals surface area contributed by atoms with Crippen molar-refractivity contribution in [1.29, 1.82) is 0 Å². The Kier molecular flexibility index (Phi) is 10.2. The minimum Gasteiger partial charge on any atom is -0.344 e. The van der Waals surface area contributed by atoms with Crippen LogP contribution >= 0.6 is 0 Å². The first-order valence-electron chi connectivity index (χ1n) is 18.3. The molecule has 0 amide bonds. The van der Waals surface area contributed by atoms with Crippen molar-refractivity contribution < 1.29 is 0 Å². The van der Waals surface area contributed by atoms with Crippen LogP contribution in [0.3, 0.4) is 0 Å². The van der Waals surface area contributed by atoms with Crippen LogP contribution in [0.1, 0.15) is 76.6 Å². The van der Waals surface area contributed by atoms with Crippen LogP contribution in [0.2, 0.25) is 0 Å². The van der Waals surface area contributed by atoms with Crippen LogP contribution in [0, 0.1) is 13.8 Å². The van der Waals surface area contributed by atoms with E-state index in [0.29, 0.717) is 0 Å². The number of para-hydroxylation sites is 2. The van der Waals surface area contributed by atoms with Gasteiger partial charge in [0.05, 0.1) is 5.70 Å². The number of nitrogens with zero attached hydrogens (tertiary/aromatic N) is 3. The van der Waals surface area contributed by atoms with Gasteiger partial charge in [-0.25, -0.2) is 0 Å². The fourth-order valence-corrected chi connectivity index (χ4v) is 7.69. The Morgan fingerprint density at radius 2 is 1.46 bits per heavy atom. The Hall–Kier alpha value is -4.89. The molecular formula is C47H53N3. The lowest BCUT2D eigenvalue weighted by atomic mass is 9.79. The fraction of sp³-hybridized carbons (Fsp3) is 0.298. The molecule has 0 N–H and O–H groups in total. The van der Waals surface area contributed by atoms with E-state index in [2.05, 4.69) is 193 Å². The van der Waals surface area contributed by atoms with Crippen molar-refractivity contribution in [2.45, 2.75) is 79.1 Å². The van der Waals surface area contributed by atoms with Crippen molar-refractivity contribution in [3.8, 4) is 0 Å². The Morgan fingerprint density at radius 1 is 0.800 bits per heavy atom. The number of allylic oxidation sites excluding steroid dienone is 7. The molecule has 3 heteroatoms. The van der Waals surface area contributed by atoms with Gasteiger partial charge >= 0.3 is 0 Å². The molecule has 0 radical (unpaired) electrons. The van der Waals surface area contributed by atoms with Gasteiger partial charge in [-0.1, -0.05) is 124 Å². The zero-order valence-electron chi connectivity index (χ0n) is 31.3.